The number of methoxy groups -OCH3 is 2. The zero-order valence-corrected chi connectivity index (χ0v) is 17.0. The van der Waals surface area contributed by atoms with Gasteiger partial charge in [-0.2, -0.15) is 0 Å². The second-order valence-corrected chi connectivity index (χ2v) is 9.25. The largest absolute Gasteiger partial charge is 0.493 e. The summed E-state index contributed by atoms with van der Waals surface area (Å²) in [7, 11) is 5.56. The third-order valence-corrected chi connectivity index (χ3v) is 8.74. The maximum absolute atomic E-state index is 12.9. The maximum atomic E-state index is 12.9. The van der Waals surface area contributed by atoms with Gasteiger partial charge in [0.1, 0.15) is 11.7 Å². The van der Waals surface area contributed by atoms with E-state index in [1.54, 1.807) is 14.2 Å². The highest BCUT2D eigenvalue weighted by Gasteiger charge is 2.79. The number of piperidine rings is 1. The van der Waals surface area contributed by atoms with E-state index < -0.39 is 11.5 Å². The Morgan fingerprint density at radius 1 is 1.34 bits per heavy atom. The number of nitrogens with one attached hydrogen (secondary N) is 1. The Morgan fingerprint density at radius 2 is 2.17 bits per heavy atom. The van der Waals surface area contributed by atoms with Crippen LogP contribution in [0.3, 0.4) is 0 Å². The highest BCUT2D eigenvalue weighted by Crippen LogP contribution is 2.74. The Labute approximate surface area is 170 Å². The molecule has 2 heterocycles. The molecule has 6 atom stereocenters. The molecule has 4 aliphatic carbocycles. The van der Waals surface area contributed by atoms with Crippen LogP contribution in [0.4, 0.5) is 0 Å². The zero-order chi connectivity index (χ0) is 20.2. The lowest BCUT2D eigenvalue weighted by Gasteiger charge is -2.70. The van der Waals surface area contributed by atoms with Crippen LogP contribution in [0.5, 0.6) is 11.5 Å². The number of nitrogens with zero attached hydrogens (tertiary/aromatic N) is 1. The number of carbonyl (C=O) groups excluding carboxylic acids is 1. The van der Waals surface area contributed by atoms with E-state index in [1.807, 2.05) is 6.07 Å². The number of amides is 1. The van der Waals surface area contributed by atoms with Crippen molar-refractivity contribution in [2.75, 3.05) is 27.8 Å². The van der Waals surface area contributed by atoms with Crippen LogP contribution in [0.15, 0.2) is 24.3 Å². The SMILES string of the molecule is COc1ccc2c3c1O[C@H]1[C@@]4(OC)C=C[C@@]5(C[C@@H]4C(=O)NN)[C@@H](C2)N(C)CC[C@]315. The summed E-state index contributed by atoms with van der Waals surface area (Å²) in [5, 5.41) is 0. The molecule has 6 aliphatic rings. The molecule has 1 aromatic rings. The van der Waals surface area contributed by atoms with Gasteiger partial charge in [0, 0.05) is 24.1 Å². The molecule has 29 heavy (non-hydrogen) atoms. The predicted octanol–water partition coefficient (Wildman–Crippen LogP) is 0.905. The third kappa shape index (κ3) is 1.64. The third-order valence-electron chi connectivity index (χ3n) is 8.74. The molecule has 1 amide bonds. The number of hydrogen-bond donors (Lipinski definition) is 2. The quantitative estimate of drug-likeness (QED) is 0.341. The molecular formula is C22H27N3O4. The van der Waals surface area contributed by atoms with Crippen molar-refractivity contribution in [3.05, 3.63) is 35.4 Å². The molecule has 1 saturated carbocycles. The van der Waals surface area contributed by atoms with E-state index in [0.29, 0.717) is 12.5 Å². The molecule has 0 aromatic heterocycles. The number of nitrogens with two attached hydrogens (primary N) is 1. The summed E-state index contributed by atoms with van der Waals surface area (Å²) in [6.07, 6.45) is 6.74. The Morgan fingerprint density at radius 3 is 2.90 bits per heavy atom. The van der Waals surface area contributed by atoms with E-state index in [2.05, 4.69) is 35.6 Å². The molecule has 7 rings (SSSR count). The lowest BCUT2D eigenvalue weighted by atomic mass is 9.37. The van der Waals surface area contributed by atoms with Crippen molar-refractivity contribution in [2.45, 2.75) is 42.4 Å². The number of carbonyl (C=O) groups is 1. The van der Waals surface area contributed by atoms with E-state index in [1.165, 1.54) is 11.1 Å². The van der Waals surface area contributed by atoms with Gasteiger partial charge in [-0.05, 0) is 44.5 Å². The van der Waals surface area contributed by atoms with Crippen molar-refractivity contribution in [1.29, 1.82) is 0 Å². The number of benzene rings is 1. The minimum atomic E-state index is -0.857. The van der Waals surface area contributed by atoms with E-state index in [-0.39, 0.29) is 22.8 Å². The molecule has 0 radical (unpaired) electrons. The summed E-state index contributed by atoms with van der Waals surface area (Å²) in [5.74, 6) is 6.60. The number of ether oxygens (including phenoxy) is 3. The topological polar surface area (TPSA) is 86.0 Å². The van der Waals surface area contributed by atoms with Crippen molar-refractivity contribution in [3.63, 3.8) is 0 Å². The van der Waals surface area contributed by atoms with Gasteiger partial charge in [0.25, 0.3) is 0 Å². The van der Waals surface area contributed by atoms with Crippen LogP contribution in [0.2, 0.25) is 0 Å². The number of hydrogen-bond acceptors (Lipinski definition) is 6. The highest BCUT2D eigenvalue weighted by atomic mass is 16.6. The Balaban J connectivity index is 1.69. The van der Waals surface area contributed by atoms with Gasteiger partial charge in [0.05, 0.1) is 18.4 Å². The fourth-order valence-corrected chi connectivity index (χ4v) is 7.60. The summed E-state index contributed by atoms with van der Waals surface area (Å²) < 4.78 is 18.6. The van der Waals surface area contributed by atoms with E-state index >= 15 is 0 Å². The molecule has 2 aliphatic heterocycles. The molecule has 0 unspecified atom stereocenters. The first-order valence-corrected chi connectivity index (χ1v) is 10.3. The fourth-order valence-electron chi connectivity index (χ4n) is 7.60. The summed E-state index contributed by atoms with van der Waals surface area (Å²) in [6.45, 7) is 0.990. The second kappa shape index (κ2) is 5.33. The monoisotopic (exact) mass is 397 g/mol. The molecule has 154 valence electrons. The second-order valence-electron chi connectivity index (χ2n) is 9.25. The van der Waals surface area contributed by atoms with Crippen molar-refractivity contribution < 1.29 is 19.0 Å². The van der Waals surface area contributed by atoms with Crippen LogP contribution in [-0.4, -0.2) is 56.4 Å². The molecule has 2 spiro atoms. The van der Waals surface area contributed by atoms with Crippen LogP contribution >= 0.6 is 0 Å². The lowest BCUT2D eigenvalue weighted by molar-refractivity contribution is -0.213. The molecule has 7 heteroatoms. The van der Waals surface area contributed by atoms with Crippen LogP contribution in [0, 0.1) is 11.3 Å². The first kappa shape index (κ1) is 17.7. The summed E-state index contributed by atoms with van der Waals surface area (Å²) >= 11 is 0. The molecule has 2 fully saturated rings. The number of likely N-dealkylation sites (tertiary alicyclic amines) is 1. The van der Waals surface area contributed by atoms with Gasteiger partial charge in [0.2, 0.25) is 5.91 Å². The normalized spacial score (nSPS) is 43.0. The van der Waals surface area contributed by atoms with Crippen LogP contribution in [-0.2, 0) is 21.4 Å². The average Bonchev–Trinajstić information content (AvgIpc) is 3.12. The average molecular weight is 397 g/mol. The van der Waals surface area contributed by atoms with Crippen molar-refractivity contribution in [2.24, 2.45) is 17.2 Å². The molecule has 1 saturated heterocycles. The molecule has 4 bridgehead atoms. The number of fused-ring (bicyclic) bond motifs is 1. The minimum absolute atomic E-state index is 0.191. The lowest BCUT2D eigenvalue weighted by Crippen LogP contribution is -2.80. The molecule has 3 N–H and O–H groups in total. The first-order valence-electron chi connectivity index (χ1n) is 10.3. The van der Waals surface area contributed by atoms with Crippen LogP contribution in [0.1, 0.15) is 24.0 Å². The van der Waals surface area contributed by atoms with Crippen molar-refractivity contribution in [3.8, 4) is 11.5 Å². The van der Waals surface area contributed by atoms with Crippen LogP contribution < -0.4 is 20.7 Å². The number of rotatable bonds is 3. The van der Waals surface area contributed by atoms with Crippen molar-refractivity contribution in [1.82, 2.24) is 10.3 Å². The smallest absolute Gasteiger partial charge is 0.240 e. The van der Waals surface area contributed by atoms with Gasteiger partial charge >= 0.3 is 0 Å². The number of hydrazine groups is 1. The van der Waals surface area contributed by atoms with Gasteiger partial charge in [0.15, 0.2) is 11.5 Å². The molecule has 7 nitrogen and oxygen atoms in total. The van der Waals surface area contributed by atoms with E-state index in [9.17, 15) is 4.79 Å². The molecule has 1 aromatic carbocycles. The summed E-state index contributed by atoms with van der Waals surface area (Å²) in [6, 6.07) is 4.50. The summed E-state index contributed by atoms with van der Waals surface area (Å²) in [5.41, 5.74) is 3.72. The highest BCUT2D eigenvalue weighted by molar-refractivity contribution is 5.82. The van der Waals surface area contributed by atoms with Gasteiger partial charge in [-0.1, -0.05) is 18.2 Å². The first-order chi connectivity index (χ1) is 14.0. The van der Waals surface area contributed by atoms with E-state index in [0.717, 1.165) is 30.9 Å². The standard InChI is InChI=1S/C22H27N3O4/c1-25-9-8-21-16-12-4-5-14(27-2)17(16)29-19(21)22(28-3)7-6-20(21,15(25)10-12)11-13(22)18(26)24-23/h4-7,13,15,19H,8-11,23H2,1-3H3,(H,24,26)/t13-,15-,19-,20-,21+,22-/m1/s1. The Kier molecular flexibility index (Phi) is 3.26. The zero-order valence-electron chi connectivity index (χ0n) is 17.0. The van der Waals surface area contributed by atoms with Gasteiger partial charge in [-0.3, -0.25) is 10.2 Å². The van der Waals surface area contributed by atoms with Crippen molar-refractivity contribution >= 4 is 5.91 Å². The van der Waals surface area contributed by atoms with Crippen LogP contribution in [0.25, 0.3) is 0 Å². The van der Waals surface area contributed by atoms with Gasteiger partial charge in [-0.25, -0.2) is 5.84 Å². The Hall–Kier alpha value is -2.09. The Bertz CT molecular complexity index is 964. The summed E-state index contributed by atoms with van der Waals surface area (Å²) in [4.78, 5) is 15.4. The van der Waals surface area contributed by atoms with Gasteiger partial charge in [-0.15, -0.1) is 0 Å². The van der Waals surface area contributed by atoms with Gasteiger partial charge < -0.3 is 19.1 Å². The molecular weight excluding hydrogens is 370 g/mol. The van der Waals surface area contributed by atoms with E-state index in [4.69, 9.17) is 20.1 Å². The minimum Gasteiger partial charge on any atom is -0.493 e. The predicted molar refractivity (Wildman–Crippen MR) is 106 cm³/mol. The fraction of sp³-hybridized carbons (Fsp3) is 0.591. The maximum Gasteiger partial charge on any atom is 0.240 e. The number of likely N-dealkylation sites (N-methyl/N-ethyl adjacent to an activating group) is 1.